The van der Waals surface area contributed by atoms with Gasteiger partial charge in [0.15, 0.2) is 0 Å². The van der Waals surface area contributed by atoms with Gasteiger partial charge in [-0.2, -0.15) is 13.2 Å². The second-order valence-corrected chi connectivity index (χ2v) is 8.85. The van der Waals surface area contributed by atoms with Crippen LogP contribution < -0.4 is 4.74 Å². The molecule has 1 aliphatic heterocycles. The summed E-state index contributed by atoms with van der Waals surface area (Å²) >= 11 is 1.48. The van der Waals surface area contributed by atoms with E-state index >= 15 is 0 Å². The Bertz CT molecular complexity index is 975. The van der Waals surface area contributed by atoms with E-state index < -0.39 is 11.7 Å². The smallest absolute Gasteiger partial charge is 0.416 e. The number of rotatable bonds is 6. The molecule has 1 fully saturated rings. The van der Waals surface area contributed by atoms with Crippen molar-refractivity contribution in [2.45, 2.75) is 32.0 Å². The lowest BCUT2D eigenvalue weighted by atomic mass is 9.90. The summed E-state index contributed by atoms with van der Waals surface area (Å²) in [6, 6.07) is 13.5. The second-order valence-electron chi connectivity index (χ2n) is 7.99. The lowest BCUT2D eigenvalue weighted by Gasteiger charge is -2.31. The Morgan fingerprint density at radius 3 is 2.32 bits per heavy atom. The van der Waals surface area contributed by atoms with Gasteiger partial charge in [-0.05, 0) is 68.1 Å². The maximum atomic E-state index is 12.7. The van der Waals surface area contributed by atoms with Gasteiger partial charge in [-0.25, -0.2) is 4.98 Å². The molecule has 0 saturated carbocycles. The lowest BCUT2D eigenvalue weighted by molar-refractivity contribution is -0.137. The van der Waals surface area contributed by atoms with Gasteiger partial charge in [0.25, 0.3) is 0 Å². The van der Waals surface area contributed by atoms with Gasteiger partial charge in [0.1, 0.15) is 10.8 Å². The zero-order chi connectivity index (χ0) is 21.8. The molecule has 31 heavy (non-hydrogen) atoms. The number of methoxy groups -OCH3 is 1. The van der Waals surface area contributed by atoms with Crippen LogP contribution in [-0.2, 0) is 19.1 Å². The molecule has 2 aromatic carbocycles. The molecule has 0 radical (unpaired) electrons. The quantitative estimate of drug-likeness (QED) is 0.445. The van der Waals surface area contributed by atoms with Gasteiger partial charge in [0, 0.05) is 17.5 Å². The van der Waals surface area contributed by atoms with Crippen LogP contribution in [-0.4, -0.2) is 30.1 Å². The highest BCUT2D eigenvalue weighted by molar-refractivity contribution is 7.13. The Balaban J connectivity index is 1.28. The minimum Gasteiger partial charge on any atom is -0.497 e. The van der Waals surface area contributed by atoms with Crippen LogP contribution in [0.15, 0.2) is 53.9 Å². The van der Waals surface area contributed by atoms with Gasteiger partial charge >= 0.3 is 6.18 Å². The molecule has 4 rings (SSSR count). The summed E-state index contributed by atoms with van der Waals surface area (Å²) in [5, 5.41) is 2.77. The number of halogens is 3. The van der Waals surface area contributed by atoms with E-state index in [1.807, 2.05) is 17.5 Å². The monoisotopic (exact) mass is 446 g/mol. The fourth-order valence-corrected chi connectivity index (χ4v) is 4.80. The van der Waals surface area contributed by atoms with Crippen molar-refractivity contribution in [2.75, 3.05) is 20.2 Å². The molecule has 3 aromatic rings. The Labute approximate surface area is 184 Å². The van der Waals surface area contributed by atoms with Gasteiger partial charge in [-0.3, -0.25) is 4.90 Å². The molecule has 0 N–H and O–H groups in total. The van der Waals surface area contributed by atoms with Crippen LogP contribution in [0.2, 0.25) is 0 Å². The molecular formula is C24H25F3N2OS. The standard InChI is InChI=1S/C24H25F3N2OS/c1-30-22-8-2-17(3-9-22)14-18-10-12-29(13-11-18)15-21-16-31-23(28-21)19-4-6-20(7-5-19)24(25,26)27/h2-9,16,18H,10-15H2,1H3. The van der Waals surface area contributed by atoms with Crippen molar-refractivity contribution in [3.8, 4) is 16.3 Å². The summed E-state index contributed by atoms with van der Waals surface area (Å²) in [5.41, 5.74) is 2.42. The van der Waals surface area contributed by atoms with E-state index in [1.54, 1.807) is 7.11 Å². The van der Waals surface area contributed by atoms with E-state index in [0.29, 0.717) is 5.92 Å². The number of benzene rings is 2. The molecule has 1 aliphatic rings. The molecule has 2 heterocycles. The molecule has 0 aliphatic carbocycles. The van der Waals surface area contributed by atoms with E-state index in [0.717, 1.165) is 73.0 Å². The first-order valence-electron chi connectivity index (χ1n) is 10.4. The largest absolute Gasteiger partial charge is 0.497 e. The molecular weight excluding hydrogens is 421 g/mol. The molecule has 0 atom stereocenters. The molecule has 1 saturated heterocycles. The van der Waals surface area contributed by atoms with Crippen molar-refractivity contribution in [3.63, 3.8) is 0 Å². The maximum absolute atomic E-state index is 12.7. The SMILES string of the molecule is COc1ccc(CC2CCN(Cc3csc(-c4ccc(C(F)(F)F)cc4)n3)CC2)cc1. The number of aromatic nitrogens is 1. The van der Waals surface area contributed by atoms with Crippen LogP contribution in [0.3, 0.4) is 0 Å². The Kier molecular flexibility index (Phi) is 6.62. The van der Waals surface area contributed by atoms with Crippen molar-refractivity contribution in [1.82, 2.24) is 9.88 Å². The van der Waals surface area contributed by atoms with Crippen LogP contribution in [0.1, 0.15) is 29.7 Å². The highest BCUT2D eigenvalue weighted by Crippen LogP contribution is 2.32. The normalized spacial score (nSPS) is 15.9. The van der Waals surface area contributed by atoms with Gasteiger partial charge in [-0.1, -0.05) is 24.3 Å². The zero-order valence-electron chi connectivity index (χ0n) is 17.4. The summed E-state index contributed by atoms with van der Waals surface area (Å²) in [7, 11) is 1.68. The summed E-state index contributed by atoms with van der Waals surface area (Å²) < 4.78 is 43.5. The first-order chi connectivity index (χ1) is 14.9. The average Bonchev–Trinajstić information content (AvgIpc) is 3.24. The minimum atomic E-state index is -4.31. The van der Waals surface area contributed by atoms with Crippen LogP contribution in [0.25, 0.3) is 10.6 Å². The van der Waals surface area contributed by atoms with Crippen LogP contribution in [0.5, 0.6) is 5.75 Å². The fourth-order valence-electron chi connectivity index (χ4n) is 3.99. The third kappa shape index (κ3) is 5.66. The summed E-state index contributed by atoms with van der Waals surface area (Å²) in [6.45, 7) is 2.86. The van der Waals surface area contributed by atoms with Crippen LogP contribution in [0.4, 0.5) is 13.2 Å². The number of piperidine rings is 1. The molecule has 3 nitrogen and oxygen atoms in total. The van der Waals surface area contributed by atoms with Crippen LogP contribution in [0, 0.1) is 5.92 Å². The number of hydrogen-bond donors (Lipinski definition) is 0. The van der Waals surface area contributed by atoms with E-state index in [4.69, 9.17) is 4.74 Å². The topological polar surface area (TPSA) is 25.4 Å². The Morgan fingerprint density at radius 2 is 1.71 bits per heavy atom. The van der Waals surface area contributed by atoms with Crippen LogP contribution >= 0.6 is 11.3 Å². The molecule has 0 spiro atoms. The number of alkyl halides is 3. The van der Waals surface area contributed by atoms with Crippen molar-refractivity contribution < 1.29 is 17.9 Å². The average molecular weight is 447 g/mol. The molecule has 164 valence electrons. The van der Waals surface area contributed by atoms with Gasteiger partial charge in [-0.15, -0.1) is 11.3 Å². The number of nitrogens with zero attached hydrogens (tertiary/aromatic N) is 2. The number of likely N-dealkylation sites (tertiary alicyclic amines) is 1. The van der Waals surface area contributed by atoms with E-state index in [2.05, 4.69) is 22.0 Å². The molecule has 0 bridgehead atoms. The Hall–Kier alpha value is -2.38. The zero-order valence-corrected chi connectivity index (χ0v) is 18.2. The number of ether oxygens (including phenoxy) is 1. The molecule has 1 aromatic heterocycles. The second kappa shape index (κ2) is 9.40. The third-order valence-corrected chi connectivity index (χ3v) is 6.73. The van der Waals surface area contributed by atoms with Crippen molar-refractivity contribution in [1.29, 1.82) is 0 Å². The van der Waals surface area contributed by atoms with Crippen molar-refractivity contribution >= 4 is 11.3 Å². The Morgan fingerprint density at radius 1 is 1.03 bits per heavy atom. The molecule has 7 heteroatoms. The number of thiazole rings is 1. The highest BCUT2D eigenvalue weighted by atomic mass is 32.1. The molecule has 0 unspecified atom stereocenters. The lowest BCUT2D eigenvalue weighted by Crippen LogP contribution is -2.33. The summed E-state index contributed by atoms with van der Waals surface area (Å²) in [6.07, 6.45) is -0.914. The number of hydrogen-bond acceptors (Lipinski definition) is 4. The van der Waals surface area contributed by atoms with Crippen molar-refractivity contribution in [3.05, 3.63) is 70.7 Å². The summed E-state index contributed by atoms with van der Waals surface area (Å²) in [4.78, 5) is 7.07. The first-order valence-corrected chi connectivity index (χ1v) is 11.3. The van der Waals surface area contributed by atoms with Gasteiger partial charge in [0.2, 0.25) is 0 Å². The minimum absolute atomic E-state index is 0.634. The first kappa shape index (κ1) is 21.8. The fraction of sp³-hybridized carbons (Fsp3) is 0.375. The van der Waals surface area contributed by atoms with Gasteiger partial charge < -0.3 is 4.74 Å². The van der Waals surface area contributed by atoms with E-state index in [9.17, 15) is 13.2 Å². The molecule has 0 amide bonds. The highest BCUT2D eigenvalue weighted by Gasteiger charge is 2.30. The van der Waals surface area contributed by atoms with E-state index in [1.165, 1.54) is 29.0 Å². The summed E-state index contributed by atoms with van der Waals surface area (Å²) in [5.74, 6) is 1.57. The van der Waals surface area contributed by atoms with Gasteiger partial charge in [0.05, 0.1) is 18.4 Å². The predicted molar refractivity (Wildman–Crippen MR) is 117 cm³/mol. The van der Waals surface area contributed by atoms with Crippen molar-refractivity contribution in [2.24, 2.45) is 5.92 Å². The predicted octanol–water partition coefficient (Wildman–Crippen LogP) is 6.29. The third-order valence-electron chi connectivity index (χ3n) is 5.79. The maximum Gasteiger partial charge on any atom is 0.416 e. The van der Waals surface area contributed by atoms with E-state index in [-0.39, 0.29) is 0 Å².